The van der Waals surface area contributed by atoms with Gasteiger partial charge >= 0.3 is 0 Å². The molecule has 1 unspecified atom stereocenters. The molecule has 3 heteroatoms. The van der Waals surface area contributed by atoms with Crippen molar-refractivity contribution in [3.63, 3.8) is 0 Å². The molecular weight excluding hydrogens is 242 g/mol. The van der Waals surface area contributed by atoms with Crippen LogP contribution in [0, 0.1) is 0 Å². The van der Waals surface area contributed by atoms with Crippen LogP contribution in [-0.4, -0.2) is 37.6 Å². The molecule has 1 aliphatic rings. The summed E-state index contributed by atoms with van der Waals surface area (Å²) in [4.78, 5) is 3.09. The van der Waals surface area contributed by atoms with E-state index in [1.165, 1.54) is 36.7 Å². The zero-order chi connectivity index (χ0) is 12.8. The quantitative estimate of drug-likeness (QED) is 0.646. The molecule has 1 heterocycles. The van der Waals surface area contributed by atoms with Gasteiger partial charge in [-0.1, -0.05) is 18.2 Å². The molecule has 0 amide bonds. The first kappa shape index (κ1) is 13.9. The summed E-state index contributed by atoms with van der Waals surface area (Å²) in [5, 5.41) is 0. The molecule has 0 aliphatic carbocycles. The monoisotopic (exact) mass is 266 g/mol. The van der Waals surface area contributed by atoms with Crippen molar-refractivity contribution in [3.8, 4) is 0 Å². The first-order valence-corrected chi connectivity index (χ1v) is 7.89. The van der Waals surface area contributed by atoms with E-state index in [1.807, 2.05) is 11.8 Å². The number of hydrogen-bond acceptors (Lipinski definition) is 2. The van der Waals surface area contributed by atoms with Crippen LogP contribution in [0.2, 0.25) is 0 Å². The van der Waals surface area contributed by atoms with E-state index < -0.39 is 0 Å². The summed E-state index contributed by atoms with van der Waals surface area (Å²) >= 11 is 1.97. The van der Waals surface area contributed by atoms with E-state index in [0.717, 1.165) is 0 Å². The molecule has 3 atom stereocenters. The van der Waals surface area contributed by atoms with Crippen LogP contribution >= 0.6 is 11.8 Å². The van der Waals surface area contributed by atoms with Crippen molar-refractivity contribution in [2.75, 3.05) is 25.4 Å². The molecule has 1 aromatic carbocycles. The molecule has 2 nitrogen and oxygen atoms in total. The Morgan fingerprint density at radius 2 is 1.83 bits per heavy atom. The number of rotatable bonds is 5. The number of benzene rings is 1. The van der Waals surface area contributed by atoms with Gasteiger partial charge in [0.15, 0.2) is 0 Å². The Morgan fingerprint density at radius 1 is 1.17 bits per heavy atom. The molecule has 1 saturated heterocycles. The maximum absolute atomic E-state index is 5.77. The molecule has 1 aromatic rings. The van der Waals surface area contributed by atoms with Crippen LogP contribution < -0.4 is 4.90 Å². The lowest BCUT2D eigenvalue weighted by Gasteiger charge is -2.32. The summed E-state index contributed by atoms with van der Waals surface area (Å²) < 4.78 is 5.77. The van der Waals surface area contributed by atoms with Gasteiger partial charge in [0, 0.05) is 17.1 Å². The largest absolute Gasteiger partial charge is 0.364 e. The summed E-state index contributed by atoms with van der Waals surface area (Å²) in [6.45, 7) is 7.99. The zero-order valence-electron chi connectivity index (χ0n) is 11.4. The fraction of sp³-hybridized carbons (Fsp3) is 0.600. The summed E-state index contributed by atoms with van der Waals surface area (Å²) in [6, 6.07) is 10.7. The maximum atomic E-state index is 5.77. The minimum absolute atomic E-state index is 0.422. The Hall–Kier alpha value is -0.510. The highest BCUT2D eigenvalue weighted by molar-refractivity contribution is 7.99. The summed E-state index contributed by atoms with van der Waals surface area (Å²) in [5.41, 5.74) is 0. The maximum Gasteiger partial charge on any atom is 0.104 e. The molecule has 0 bridgehead atoms. The highest BCUT2D eigenvalue weighted by Gasteiger charge is 2.24. The highest BCUT2D eigenvalue weighted by Crippen LogP contribution is 2.17. The summed E-state index contributed by atoms with van der Waals surface area (Å²) in [7, 11) is 0. The Kier molecular flexibility index (Phi) is 5.54. The first-order valence-electron chi connectivity index (χ1n) is 6.91. The van der Waals surface area contributed by atoms with E-state index in [-0.39, 0.29) is 0 Å². The van der Waals surface area contributed by atoms with Crippen LogP contribution in [0.4, 0.5) is 0 Å². The average molecular weight is 266 g/mol. The lowest BCUT2D eigenvalue weighted by molar-refractivity contribution is -0.915. The Balaban J connectivity index is 1.63. The third-order valence-corrected chi connectivity index (χ3v) is 4.40. The van der Waals surface area contributed by atoms with Crippen molar-refractivity contribution in [1.29, 1.82) is 0 Å². The Bertz CT molecular complexity index is 334. The third kappa shape index (κ3) is 4.63. The van der Waals surface area contributed by atoms with Gasteiger partial charge in [0.25, 0.3) is 0 Å². The van der Waals surface area contributed by atoms with Crippen molar-refractivity contribution in [1.82, 2.24) is 0 Å². The van der Waals surface area contributed by atoms with Gasteiger partial charge in [0.05, 0.1) is 6.54 Å². The molecule has 0 aromatic heterocycles. The first-order chi connectivity index (χ1) is 8.74. The van der Waals surface area contributed by atoms with Crippen molar-refractivity contribution >= 4 is 11.8 Å². The second-order valence-electron chi connectivity index (χ2n) is 5.18. The van der Waals surface area contributed by atoms with Crippen LogP contribution in [0.3, 0.4) is 0 Å². The van der Waals surface area contributed by atoms with E-state index in [1.54, 1.807) is 4.90 Å². The van der Waals surface area contributed by atoms with Gasteiger partial charge in [-0.25, -0.2) is 0 Å². The fourth-order valence-electron chi connectivity index (χ4n) is 2.62. The molecular formula is C15H24NOS+. The van der Waals surface area contributed by atoms with Crippen LogP contribution in [-0.2, 0) is 4.74 Å². The Labute approximate surface area is 115 Å². The van der Waals surface area contributed by atoms with Gasteiger partial charge in [-0.05, 0) is 26.0 Å². The molecule has 0 spiro atoms. The lowest BCUT2D eigenvalue weighted by atomic mass is 10.2. The number of quaternary nitrogens is 1. The van der Waals surface area contributed by atoms with E-state index in [4.69, 9.17) is 4.74 Å². The van der Waals surface area contributed by atoms with Crippen molar-refractivity contribution in [2.45, 2.75) is 37.4 Å². The normalized spacial score (nSPS) is 28.2. The van der Waals surface area contributed by atoms with Crippen LogP contribution in [0.15, 0.2) is 35.2 Å². The van der Waals surface area contributed by atoms with Crippen molar-refractivity contribution in [2.24, 2.45) is 0 Å². The third-order valence-electron chi connectivity index (χ3n) is 3.30. The number of nitrogens with one attached hydrogen (secondary N) is 1. The van der Waals surface area contributed by atoms with Gasteiger partial charge in [0.2, 0.25) is 0 Å². The number of morpholine rings is 1. The molecule has 0 radical (unpaired) electrons. The van der Waals surface area contributed by atoms with Crippen molar-refractivity contribution < 1.29 is 9.64 Å². The smallest absolute Gasteiger partial charge is 0.104 e. The fourth-order valence-corrected chi connectivity index (χ4v) is 3.50. The van der Waals surface area contributed by atoms with E-state index in [2.05, 4.69) is 44.2 Å². The Morgan fingerprint density at radius 3 is 2.50 bits per heavy atom. The number of thioether (sulfide) groups is 1. The predicted molar refractivity (Wildman–Crippen MR) is 77.4 cm³/mol. The minimum atomic E-state index is 0.422. The van der Waals surface area contributed by atoms with Gasteiger partial charge in [0.1, 0.15) is 25.3 Å². The second-order valence-corrected chi connectivity index (χ2v) is 6.35. The van der Waals surface area contributed by atoms with Gasteiger partial charge in [-0.3, -0.25) is 0 Å². The van der Waals surface area contributed by atoms with E-state index >= 15 is 0 Å². The number of hydrogen-bond donors (Lipinski definition) is 1. The molecule has 0 saturated carbocycles. The molecule has 18 heavy (non-hydrogen) atoms. The summed E-state index contributed by atoms with van der Waals surface area (Å²) in [5.74, 6) is 1.22. The van der Waals surface area contributed by atoms with Crippen LogP contribution in [0.1, 0.15) is 20.3 Å². The highest BCUT2D eigenvalue weighted by atomic mass is 32.2. The molecule has 100 valence electrons. The van der Waals surface area contributed by atoms with Crippen molar-refractivity contribution in [3.05, 3.63) is 30.3 Å². The standard InChI is InChI=1S/C15H23NOS/c1-13-11-16(12-14(2)17-13)9-6-10-18-15-7-4-3-5-8-15/h3-5,7-8,13-14H,6,9-12H2,1-2H3/p+1/t13-,14+. The molecule has 1 fully saturated rings. The average Bonchev–Trinajstić information content (AvgIpc) is 2.35. The predicted octanol–water partition coefficient (Wildman–Crippen LogP) is 1.86. The lowest BCUT2D eigenvalue weighted by Crippen LogP contribution is -3.15. The molecule has 1 N–H and O–H groups in total. The van der Waals surface area contributed by atoms with Gasteiger partial charge in [-0.2, -0.15) is 0 Å². The minimum Gasteiger partial charge on any atom is -0.364 e. The van der Waals surface area contributed by atoms with Crippen LogP contribution in [0.5, 0.6) is 0 Å². The molecule has 2 rings (SSSR count). The van der Waals surface area contributed by atoms with Crippen LogP contribution in [0.25, 0.3) is 0 Å². The topological polar surface area (TPSA) is 13.7 Å². The number of ether oxygens (including phenoxy) is 1. The van der Waals surface area contributed by atoms with E-state index in [0.29, 0.717) is 12.2 Å². The zero-order valence-corrected chi connectivity index (χ0v) is 12.2. The SMILES string of the molecule is C[C@@H]1C[NH+](CCCSc2ccccc2)C[C@H](C)O1. The summed E-state index contributed by atoms with van der Waals surface area (Å²) in [6.07, 6.45) is 2.13. The van der Waals surface area contributed by atoms with Gasteiger partial charge < -0.3 is 9.64 Å². The van der Waals surface area contributed by atoms with Gasteiger partial charge in [-0.15, -0.1) is 11.8 Å². The molecule has 1 aliphatic heterocycles. The van der Waals surface area contributed by atoms with E-state index in [9.17, 15) is 0 Å². The second kappa shape index (κ2) is 7.17.